The Morgan fingerprint density at radius 2 is 2.19 bits per heavy atom. The molecule has 1 aromatic rings. The van der Waals surface area contributed by atoms with E-state index in [0.29, 0.717) is 10.0 Å². The number of morpholine rings is 1. The van der Waals surface area contributed by atoms with Crippen LogP contribution in [0.15, 0.2) is 22.7 Å². The smallest absolute Gasteiger partial charge is 0.335 e. The summed E-state index contributed by atoms with van der Waals surface area (Å²) in [5.41, 5.74) is 0.505. The van der Waals surface area contributed by atoms with Gasteiger partial charge in [-0.25, -0.2) is 9.18 Å². The van der Waals surface area contributed by atoms with Crippen molar-refractivity contribution in [2.75, 3.05) is 6.61 Å². The first-order valence-corrected chi connectivity index (χ1v) is 7.22. The number of carboxylic acid groups (broad SMARTS) is 1. The first kappa shape index (κ1) is 15.9. The van der Waals surface area contributed by atoms with Crippen molar-refractivity contribution in [1.82, 2.24) is 4.90 Å². The Kier molecular flexibility index (Phi) is 4.63. The summed E-state index contributed by atoms with van der Waals surface area (Å²) in [6, 6.07) is 2.93. The van der Waals surface area contributed by atoms with Crippen LogP contribution < -0.4 is 0 Å². The second-order valence-corrected chi connectivity index (χ2v) is 5.93. The van der Waals surface area contributed by atoms with Gasteiger partial charge >= 0.3 is 5.97 Å². The zero-order valence-corrected chi connectivity index (χ0v) is 13.1. The Hall–Kier alpha value is -1.47. The first-order valence-electron chi connectivity index (χ1n) is 6.43. The Balaban J connectivity index is 2.54. The van der Waals surface area contributed by atoms with E-state index in [0.717, 1.165) is 0 Å². The normalized spacial score (nSPS) is 22.7. The molecule has 1 aromatic carbocycles. The maximum absolute atomic E-state index is 13.2. The van der Waals surface area contributed by atoms with E-state index in [1.54, 1.807) is 13.8 Å². The minimum Gasteiger partial charge on any atom is -0.479 e. The molecule has 0 saturated carbocycles. The van der Waals surface area contributed by atoms with Gasteiger partial charge in [-0.2, -0.15) is 0 Å². The molecule has 0 radical (unpaired) electrons. The molecule has 0 aliphatic carbocycles. The number of nitrogens with zero attached hydrogens (tertiary/aromatic N) is 1. The fraction of sp³-hybridized carbons (Fsp3) is 0.429. The highest BCUT2D eigenvalue weighted by Crippen LogP contribution is 2.36. The summed E-state index contributed by atoms with van der Waals surface area (Å²) in [5.74, 6) is -1.89. The molecule has 0 aromatic heterocycles. The van der Waals surface area contributed by atoms with Gasteiger partial charge in [0.2, 0.25) is 5.91 Å². The second-order valence-electron chi connectivity index (χ2n) is 5.08. The van der Waals surface area contributed by atoms with Crippen LogP contribution >= 0.6 is 15.9 Å². The van der Waals surface area contributed by atoms with E-state index in [1.165, 1.54) is 23.1 Å². The van der Waals surface area contributed by atoms with Crippen LogP contribution in [0.25, 0.3) is 0 Å². The molecule has 2 unspecified atom stereocenters. The average molecular weight is 360 g/mol. The topological polar surface area (TPSA) is 66.8 Å². The average Bonchev–Trinajstić information content (AvgIpc) is 2.37. The van der Waals surface area contributed by atoms with E-state index in [2.05, 4.69) is 15.9 Å². The third kappa shape index (κ3) is 3.08. The first-order chi connectivity index (χ1) is 9.82. The number of ether oxygens (including phenoxy) is 1. The van der Waals surface area contributed by atoms with Gasteiger partial charge in [0.05, 0.1) is 6.04 Å². The van der Waals surface area contributed by atoms with Gasteiger partial charge in [0, 0.05) is 10.5 Å². The van der Waals surface area contributed by atoms with Crippen LogP contribution in [0.2, 0.25) is 0 Å². The van der Waals surface area contributed by atoms with Crippen LogP contribution in [0.5, 0.6) is 0 Å². The number of carboxylic acids is 1. The lowest BCUT2D eigenvalue weighted by Gasteiger charge is -2.42. The van der Waals surface area contributed by atoms with Crippen LogP contribution in [-0.2, 0) is 14.3 Å². The summed E-state index contributed by atoms with van der Waals surface area (Å²) in [4.78, 5) is 25.0. The van der Waals surface area contributed by atoms with Gasteiger partial charge in [-0.15, -0.1) is 0 Å². The molecule has 1 heterocycles. The predicted molar refractivity (Wildman–Crippen MR) is 76.2 cm³/mol. The summed E-state index contributed by atoms with van der Waals surface area (Å²) < 4.78 is 18.8. The van der Waals surface area contributed by atoms with Gasteiger partial charge in [0.1, 0.15) is 12.4 Å². The number of carbonyl (C=O) groups excluding carboxylic acids is 1. The molecule has 0 spiro atoms. The molecule has 1 amide bonds. The third-order valence-electron chi connectivity index (χ3n) is 3.34. The molecular formula is C14H15BrFNO4. The lowest BCUT2D eigenvalue weighted by molar-refractivity contribution is -0.175. The van der Waals surface area contributed by atoms with Crippen molar-refractivity contribution >= 4 is 27.8 Å². The number of aliphatic carboxylic acids is 1. The molecule has 7 heteroatoms. The standard InChI is InChI=1S/C14H15BrFNO4/c1-7(2)17-11(18)6-21-13(14(19)20)12(17)9-4-3-8(16)5-10(9)15/h3-5,7,12-13H,6H2,1-2H3,(H,19,20). The lowest BCUT2D eigenvalue weighted by Crippen LogP contribution is -2.54. The summed E-state index contributed by atoms with van der Waals surface area (Å²) in [7, 11) is 0. The maximum atomic E-state index is 13.2. The Morgan fingerprint density at radius 1 is 1.52 bits per heavy atom. The van der Waals surface area contributed by atoms with Crippen LogP contribution in [-0.4, -0.2) is 40.6 Å². The van der Waals surface area contributed by atoms with Gasteiger partial charge in [-0.3, -0.25) is 4.79 Å². The van der Waals surface area contributed by atoms with E-state index in [-0.39, 0.29) is 18.6 Å². The molecule has 2 rings (SSSR count). The zero-order chi connectivity index (χ0) is 15.7. The lowest BCUT2D eigenvalue weighted by atomic mass is 9.96. The highest BCUT2D eigenvalue weighted by Gasteiger charge is 2.43. The van der Waals surface area contributed by atoms with Gasteiger partial charge in [0.15, 0.2) is 6.10 Å². The highest BCUT2D eigenvalue weighted by atomic mass is 79.9. The van der Waals surface area contributed by atoms with Crippen molar-refractivity contribution in [3.8, 4) is 0 Å². The molecule has 2 atom stereocenters. The van der Waals surface area contributed by atoms with Crippen molar-refractivity contribution in [1.29, 1.82) is 0 Å². The Bertz CT molecular complexity index is 578. The van der Waals surface area contributed by atoms with E-state index in [4.69, 9.17) is 4.74 Å². The Morgan fingerprint density at radius 3 is 2.71 bits per heavy atom. The molecule has 114 valence electrons. The minimum atomic E-state index is -1.19. The summed E-state index contributed by atoms with van der Waals surface area (Å²) in [6.07, 6.45) is -1.19. The highest BCUT2D eigenvalue weighted by molar-refractivity contribution is 9.10. The molecule has 0 bridgehead atoms. The number of hydrogen-bond donors (Lipinski definition) is 1. The zero-order valence-electron chi connectivity index (χ0n) is 11.5. The number of hydrogen-bond acceptors (Lipinski definition) is 3. The second kappa shape index (κ2) is 6.11. The van der Waals surface area contributed by atoms with Crippen molar-refractivity contribution in [2.45, 2.75) is 32.0 Å². The molecule has 1 saturated heterocycles. The van der Waals surface area contributed by atoms with Crippen LogP contribution in [0.3, 0.4) is 0 Å². The van der Waals surface area contributed by atoms with E-state index < -0.39 is 23.9 Å². The molecular weight excluding hydrogens is 345 g/mol. The van der Waals surface area contributed by atoms with Crippen molar-refractivity contribution < 1.29 is 23.8 Å². The minimum absolute atomic E-state index is 0.204. The fourth-order valence-electron chi connectivity index (χ4n) is 2.50. The molecule has 1 fully saturated rings. The number of halogens is 2. The molecule has 5 nitrogen and oxygen atoms in total. The van der Waals surface area contributed by atoms with Crippen LogP contribution in [0.1, 0.15) is 25.5 Å². The van der Waals surface area contributed by atoms with E-state index >= 15 is 0 Å². The number of amides is 1. The maximum Gasteiger partial charge on any atom is 0.335 e. The number of carbonyl (C=O) groups is 2. The molecule has 21 heavy (non-hydrogen) atoms. The van der Waals surface area contributed by atoms with Crippen LogP contribution in [0.4, 0.5) is 4.39 Å². The van der Waals surface area contributed by atoms with Crippen molar-refractivity contribution in [3.05, 3.63) is 34.1 Å². The number of rotatable bonds is 3. The van der Waals surface area contributed by atoms with Crippen LogP contribution in [0, 0.1) is 5.82 Å². The predicted octanol–water partition coefficient (Wildman–Crippen LogP) is 2.35. The molecule has 1 aliphatic rings. The SMILES string of the molecule is CC(C)N1C(=O)COC(C(=O)O)C1c1ccc(F)cc1Br. The molecule has 1 aliphatic heterocycles. The number of benzene rings is 1. The van der Waals surface area contributed by atoms with Gasteiger partial charge in [-0.05, 0) is 31.5 Å². The van der Waals surface area contributed by atoms with E-state index in [1.807, 2.05) is 0 Å². The van der Waals surface area contributed by atoms with Crippen molar-refractivity contribution in [3.63, 3.8) is 0 Å². The summed E-state index contributed by atoms with van der Waals surface area (Å²) in [5, 5.41) is 9.35. The summed E-state index contributed by atoms with van der Waals surface area (Å²) >= 11 is 3.23. The van der Waals surface area contributed by atoms with Crippen molar-refractivity contribution in [2.24, 2.45) is 0 Å². The Labute approximate surface area is 129 Å². The quantitative estimate of drug-likeness (QED) is 0.899. The third-order valence-corrected chi connectivity index (χ3v) is 4.03. The van der Waals surface area contributed by atoms with Gasteiger partial charge in [-0.1, -0.05) is 22.0 Å². The molecule has 1 N–H and O–H groups in total. The van der Waals surface area contributed by atoms with Gasteiger partial charge in [0.25, 0.3) is 0 Å². The van der Waals surface area contributed by atoms with E-state index in [9.17, 15) is 19.1 Å². The monoisotopic (exact) mass is 359 g/mol. The fourth-order valence-corrected chi connectivity index (χ4v) is 3.08. The summed E-state index contributed by atoms with van der Waals surface area (Å²) in [6.45, 7) is 3.32. The largest absolute Gasteiger partial charge is 0.479 e. The van der Waals surface area contributed by atoms with Gasteiger partial charge < -0.3 is 14.7 Å².